The van der Waals surface area contributed by atoms with Gasteiger partial charge in [0.2, 0.25) is 5.91 Å². The van der Waals surface area contributed by atoms with Crippen LogP contribution in [-0.4, -0.2) is 47.7 Å². The standard InChI is InChI=1S/C16H27NO4/c1-2-12-5-3-4-6-14(12)21-11-15(18)17-9-7-13(8-10-17)16(19)20/h12-14H,2-11H2,1H3,(H,19,20). The molecule has 0 aromatic rings. The number of aliphatic carboxylic acids is 1. The molecule has 2 rings (SSSR count). The predicted octanol–water partition coefficient (Wildman–Crippen LogP) is 2.30. The summed E-state index contributed by atoms with van der Waals surface area (Å²) in [6.45, 7) is 3.42. The lowest BCUT2D eigenvalue weighted by molar-refractivity contribution is -0.148. The van der Waals surface area contributed by atoms with Crippen molar-refractivity contribution in [2.24, 2.45) is 11.8 Å². The fourth-order valence-electron chi connectivity index (χ4n) is 3.51. The Morgan fingerprint density at radius 1 is 1.14 bits per heavy atom. The molecule has 1 heterocycles. The zero-order valence-corrected chi connectivity index (χ0v) is 12.9. The number of hydrogen-bond acceptors (Lipinski definition) is 3. The van der Waals surface area contributed by atoms with Crippen molar-refractivity contribution < 1.29 is 19.4 Å². The highest BCUT2D eigenvalue weighted by Crippen LogP contribution is 2.29. The van der Waals surface area contributed by atoms with Crippen molar-refractivity contribution >= 4 is 11.9 Å². The maximum atomic E-state index is 12.2. The Morgan fingerprint density at radius 3 is 2.43 bits per heavy atom. The molecule has 0 spiro atoms. The van der Waals surface area contributed by atoms with E-state index in [4.69, 9.17) is 9.84 Å². The molecule has 0 radical (unpaired) electrons. The number of carbonyl (C=O) groups excluding carboxylic acids is 1. The molecule has 1 amide bonds. The Labute approximate surface area is 126 Å². The average molecular weight is 297 g/mol. The van der Waals surface area contributed by atoms with Gasteiger partial charge in [-0.1, -0.05) is 26.2 Å². The van der Waals surface area contributed by atoms with Crippen LogP contribution in [0.4, 0.5) is 0 Å². The molecule has 0 bridgehead atoms. The average Bonchev–Trinajstić information content (AvgIpc) is 2.52. The van der Waals surface area contributed by atoms with Gasteiger partial charge in [0.05, 0.1) is 12.0 Å². The summed E-state index contributed by atoms with van der Waals surface area (Å²) in [7, 11) is 0. The molecule has 120 valence electrons. The van der Waals surface area contributed by atoms with Crippen molar-refractivity contribution in [2.45, 2.75) is 58.0 Å². The van der Waals surface area contributed by atoms with Crippen molar-refractivity contribution in [3.05, 3.63) is 0 Å². The largest absolute Gasteiger partial charge is 0.481 e. The fourth-order valence-corrected chi connectivity index (χ4v) is 3.51. The van der Waals surface area contributed by atoms with Crippen LogP contribution in [-0.2, 0) is 14.3 Å². The molecule has 1 saturated heterocycles. The maximum Gasteiger partial charge on any atom is 0.306 e. The minimum absolute atomic E-state index is 0.0132. The first-order chi connectivity index (χ1) is 10.1. The van der Waals surface area contributed by atoms with Crippen LogP contribution in [0.3, 0.4) is 0 Å². The number of piperidine rings is 1. The van der Waals surface area contributed by atoms with Crippen molar-refractivity contribution in [2.75, 3.05) is 19.7 Å². The van der Waals surface area contributed by atoms with Gasteiger partial charge in [-0.15, -0.1) is 0 Å². The van der Waals surface area contributed by atoms with Crippen molar-refractivity contribution in [3.8, 4) is 0 Å². The molecule has 21 heavy (non-hydrogen) atoms. The van der Waals surface area contributed by atoms with Gasteiger partial charge in [0.15, 0.2) is 0 Å². The van der Waals surface area contributed by atoms with Crippen LogP contribution >= 0.6 is 0 Å². The van der Waals surface area contributed by atoms with E-state index >= 15 is 0 Å². The van der Waals surface area contributed by atoms with Crippen LogP contribution in [0.1, 0.15) is 51.9 Å². The third-order valence-corrected chi connectivity index (χ3v) is 4.98. The highest BCUT2D eigenvalue weighted by atomic mass is 16.5. The Balaban J connectivity index is 1.73. The molecule has 1 aliphatic carbocycles. The quantitative estimate of drug-likeness (QED) is 0.845. The van der Waals surface area contributed by atoms with Gasteiger partial charge in [0, 0.05) is 13.1 Å². The second-order valence-corrected chi connectivity index (χ2v) is 6.30. The SMILES string of the molecule is CCC1CCCCC1OCC(=O)N1CCC(C(=O)O)CC1. The summed E-state index contributed by atoms with van der Waals surface area (Å²) >= 11 is 0. The molecule has 2 aliphatic rings. The van der Waals surface area contributed by atoms with Gasteiger partial charge in [0.25, 0.3) is 0 Å². The first-order valence-corrected chi connectivity index (χ1v) is 8.24. The van der Waals surface area contributed by atoms with Gasteiger partial charge in [-0.25, -0.2) is 0 Å². The molecule has 5 heteroatoms. The lowest BCUT2D eigenvalue weighted by atomic mass is 9.85. The predicted molar refractivity (Wildman–Crippen MR) is 78.9 cm³/mol. The van der Waals surface area contributed by atoms with Crippen molar-refractivity contribution in [1.29, 1.82) is 0 Å². The summed E-state index contributed by atoms with van der Waals surface area (Å²) in [4.78, 5) is 24.8. The maximum absolute atomic E-state index is 12.2. The highest BCUT2D eigenvalue weighted by Gasteiger charge is 2.29. The number of nitrogens with zero attached hydrogens (tertiary/aromatic N) is 1. The van der Waals surface area contributed by atoms with E-state index < -0.39 is 5.97 Å². The van der Waals surface area contributed by atoms with E-state index in [2.05, 4.69) is 6.92 Å². The van der Waals surface area contributed by atoms with E-state index in [9.17, 15) is 9.59 Å². The zero-order valence-electron chi connectivity index (χ0n) is 12.9. The summed E-state index contributed by atoms with van der Waals surface area (Å²) < 4.78 is 5.87. The minimum atomic E-state index is -0.744. The van der Waals surface area contributed by atoms with Crippen LogP contribution in [0.5, 0.6) is 0 Å². The summed E-state index contributed by atoms with van der Waals surface area (Å²) in [5, 5.41) is 8.96. The Kier molecular flexibility index (Phi) is 6.03. The molecule has 2 atom stereocenters. The number of hydrogen-bond donors (Lipinski definition) is 1. The summed E-state index contributed by atoms with van der Waals surface area (Å²) in [5.41, 5.74) is 0. The summed E-state index contributed by atoms with van der Waals surface area (Å²) in [6, 6.07) is 0. The molecular weight excluding hydrogens is 270 g/mol. The van der Waals surface area contributed by atoms with Gasteiger partial charge in [-0.05, 0) is 31.6 Å². The molecule has 0 aromatic heterocycles. The van der Waals surface area contributed by atoms with Crippen LogP contribution in [0.15, 0.2) is 0 Å². The highest BCUT2D eigenvalue weighted by molar-refractivity contribution is 5.78. The summed E-state index contributed by atoms with van der Waals surface area (Å²) in [6.07, 6.45) is 7.19. The summed E-state index contributed by atoms with van der Waals surface area (Å²) in [5.74, 6) is -0.437. The third-order valence-electron chi connectivity index (χ3n) is 4.98. The van der Waals surface area contributed by atoms with Gasteiger partial charge in [-0.2, -0.15) is 0 Å². The number of carbonyl (C=O) groups is 2. The monoisotopic (exact) mass is 297 g/mol. The zero-order chi connectivity index (χ0) is 15.2. The van der Waals surface area contributed by atoms with Crippen LogP contribution in [0.25, 0.3) is 0 Å². The second-order valence-electron chi connectivity index (χ2n) is 6.30. The smallest absolute Gasteiger partial charge is 0.306 e. The van der Waals surface area contributed by atoms with E-state index in [1.54, 1.807) is 4.90 Å². The third kappa shape index (κ3) is 4.43. The van der Waals surface area contributed by atoms with E-state index in [1.807, 2.05) is 0 Å². The Morgan fingerprint density at radius 2 is 1.81 bits per heavy atom. The Bertz CT molecular complexity index is 363. The first kappa shape index (κ1) is 16.3. The van der Waals surface area contributed by atoms with E-state index in [0.29, 0.717) is 31.8 Å². The van der Waals surface area contributed by atoms with Crippen molar-refractivity contribution in [3.63, 3.8) is 0 Å². The normalized spacial score (nSPS) is 27.6. The first-order valence-electron chi connectivity index (χ1n) is 8.24. The number of amides is 1. The lowest BCUT2D eigenvalue weighted by Crippen LogP contribution is -2.43. The van der Waals surface area contributed by atoms with Gasteiger partial charge in [-0.3, -0.25) is 9.59 Å². The number of ether oxygens (including phenoxy) is 1. The van der Waals surface area contributed by atoms with Gasteiger partial charge in [0.1, 0.15) is 6.61 Å². The molecular formula is C16H27NO4. The molecule has 2 unspecified atom stereocenters. The minimum Gasteiger partial charge on any atom is -0.481 e. The van der Waals surface area contributed by atoms with Crippen LogP contribution < -0.4 is 0 Å². The Hall–Kier alpha value is -1.10. The second kappa shape index (κ2) is 7.78. The van der Waals surface area contributed by atoms with E-state index in [0.717, 1.165) is 12.8 Å². The number of carboxylic acids is 1. The van der Waals surface area contributed by atoms with Crippen molar-refractivity contribution in [1.82, 2.24) is 4.90 Å². The molecule has 2 fully saturated rings. The number of rotatable bonds is 5. The molecule has 1 aliphatic heterocycles. The van der Waals surface area contributed by atoms with Gasteiger partial charge >= 0.3 is 5.97 Å². The molecule has 0 aromatic carbocycles. The number of likely N-dealkylation sites (tertiary alicyclic amines) is 1. The van der Waals surface area contributed by atoms with Crippen LogP contribution in [0, 0.1) is 11.8 Å². The lowest BCUT2D eigenvalue weighted by Gasteiger charge is -2.33. The number of carboxylic acid groups (broad SMARTS) is 1. The van der Waals surface area contributed by atoms with E-state index in [-0.39, 0.29) is 24.5 Å². The topological polar surface area (TPSA) is 66.8 Å². The van der Waals surface area contributed by atoms with Gasteiger partial charge < -0.3 is 14.7 Å². The molecule has 1 saturated carbocycles. The van der Waals surface area contributed by atoms with Crippen LogP contribution in [0.2, 0.25) is 0 Å². The molecule has 5 nitrogen and oxygen atoms in total. The van der Waals surface area contributed by atoms with E-state index in [1.165, 1.54) is 19.3 Å². The molecule has 1 N–H and O–H groups in total. The fraction of sp³-hybridized carbons (Fsp3) is 0.875.